The van der Waals surface area contributed by atoms with Gasteiger partial charge >= 0.3 is 5.97 Å². The van der Waals surface area contributed by atoms with Gasteiger partial charge in [0, 0.05) is 6.08 Å². The third-order valence-corrected chi connectivity index (χ3v) is 0.822. The van der Waals surface area contributed by atoms with Crippen LogP contribution in [0.3, 0.4) is 0 Å². The summed E-state index contributed by atoms with van der Waals surface area (Å²) >= 11 is 0. The Balaban J connectivity index is 4.11. The van der Waals surface area contributed by atoms with E-state index in [0.717, 1.165) is 6.08 Å². The van der Waals surface area contributed by atoms with Gasteiger partial charge in [-0.2, -0.15) is 5.11 Å². The Morgan fingerprint density at radius 1 is 1.60 bits per heavy atom. The number of allylic oxidation sites excluding steroid dienone is 2. The third kappa shape index (κ3) is 3.54. The van der Waals surface area contributed by atoms with Crippen molar-refractivity contribution in [3.05, 3.63) is 23.9 Å². The van der Waals surface area contributed by atoms with Crippen LogP contribution >= 0.6 is 0 Å². The predicted octanol–water partition coefficient (Wildman–Crippen LogP) is 1.56. The summed E-state index contributed by atoms with van der Waals surface area (Å²) < 4.78 is 0. The molecule has 0 heterocycles. The van der Waals surface area contributed by atoms with Crippen LogP contribution in [0.2, 0.25) is 0 Å². The SMILES string of the molecule is CC=C(C=CC(=O)O)N=N. The normalized spacial score (nSPS) is 11.9. The number of nitrogens with zero attached hydrogens (tertiary/aromatic N) is 1. The molecule has 0 saturated carbocycles. The highest BCUT2D eigenvalue weighted by Gasteiger charge is 1.87. The molecule has 0 saturated heterocycles. The molecule has 0 rings (SSSR count). The van der Waals surface area contributed by atoms with Gasteiger partial charge in [0.05, 0.1) is 5.70 Å². The van der Waals surface area contributed by atoms with Crippen LogP contribution in [0.15, 0.2) is 29.0 Å². The van der Waals surface area contributed by atoms with E-state index in [2.05, 4.69) is 5.11 Å². The van der Waals surface area contributed by atoms with Crippen LogP contribution in [-0.4, -0.2) is 11.1 Å². The monoisotopic (exact) mass is 140 g/mol. The van der Waals surface area contributed by atoms with Crippen LogP contribution in [0.1, 0.15) is 6.92 Å². The second-order valence-electron chi connectivity index (χ2n) is 1.50. The number of hydrogen-bond donors (Lipinski definition) is 2. The maximum atomic E-state index is 9.92. The van der Waals surface area contributed by atoms with Crippen LogP contribution in [0.5, 0.6) is 0 Å². The lowest BCUT2D eigenvalue weighted by Crippen LogP contribution is -1.85. The van der Waals surface area contributed by atoms with E-state index in [0.29, 0.717) is 5.70 Å². The molecule has 0 aliphatic carbocycles. The largest absolute Gasteiger partial charge is 0.478 e. The van der Waals surface area contributed by atoms with E-state index in [-0.39, 0.29) is 0 Å². The van der Waals surface area contributed by atoms with Crippen molar-refractivity contribution in [1.29, 1.82) is 5.53 Å². The molecule has 0 aliphatic heterocycles. The van der Waals surface area contributed by atoms with E-state index in [4.69, 9.17) is 10.6 Å². The summed E-state index contributed by atoms with van der Waals surface area (Å²) in [4.78, 5) is 9.92. The standard InChI is InChI=1S/C6H8N2O2/c1-2-5(8-7)3-4-6(9)10/h2-4,7H,1H3,(H,9,10). The lowest BCUT2D eigenvalue weighted by Gasteiger charge is -1.83. The minimum absolute atomic E-state index is 0.336. The molecule has 0 bridgehead atoms. The Labute approximate surface area is 58.4 Å². The number of rotatable bonds is 3. The molecule has 10 heavy (non-hydrogen) atoms. The van der Waals surface area contributed by atoms with E-state index in [1.54, 1.807) is 13.0 Å². The van der Waals surface area contributed by atoms with Crippen molar-refractivity contribution in [3.8, 4) is 0 Å². The summed E-state index contributed by atoms with van der Waals surface area (Å²) in [5.74, 6) is -1.04. The Hall–Kier alpha value is -1.45. The van der Waals surface area contributed by atoms with E-state index in [1.807, 2.05) is 0 Å². The molecule has 0 aromatic rings. The number of aliphatic carboxylic acids is 1. The summed E-state index contributed by atoms with van der Waals surface area (Å²) in [5, 5.41) is 11.2. The first-order valence-electron chi connectivity index (χ1n) is 2.65. The van der Waals surface area contributed by atoms with E-state index < -0.39 is 5.97 Å². The number of hydrogen-bond acceptors (Lipinski definition) is 3. The van der Waals surface area contributed by atoms with Gasteiger partial charge in [0.25, 0.3) is 0 Å². The molecular weight excluding hydrogens is 132 g/mol. The molecule has 2 N–H and O–H groups in total. The molecule has 0 aromatic carbocycles. The number of nitrogens with one attached hydrogen (secondary N) is 1. The lowest BCUT2D eigenvalue weighted by molar-refractivity contribution is -0.131. The minimum atomic E-state index is -1.04. The maximum Gasteiger partial charge on any atom is 0.328 e. The summed E-state index contributed by atoms with van der Waals surface area (Å²) in [6.07, 6.45) is 3.75. The van der Waals surface area contributed by atoms with E-state index >= 15 is 0 Å². The highest BCUT2D eigenvalue weighted by atomic mass is 16.4. The predicted molar refractivity (Wildman–Crippen MR) is 35.7 cm³/mol. The third-order valence-electron chi connectivity index (χ3n) is 0.822. The Kier molecular flexibility index (Phi) is 3.79. The Bertz CT molecular complexity index is 194. The maximum absolute atomic E-state index is 9.92. The molecule has 0 radical (unpaired) electrons. The zero-order chi connectivity index (χ0) is 7.98. The van der Waals surface area contributed by atoms with Crippen molar-refractivity contribution in [2.24, 2.45) is 5.11 Å². The molecule has 0 aromatic heterocycles. The van der Waals surface area contributed by atoms with Crippen molar-refractivity contribution >= 4 is 5.97 Å². The fraction of sp³-hybridized carbons (Fsp3) is 0.167. The summed E-state index contributed by atoms with van der Waals surface area (Å²) in [6.45, 7) is 1.68. The molecule has 54 valence electrons. The highest BCUT2D eigenvalue weighted by Crippen LogP contribution is 1.96. The lowest BCUT2D eigenvalue weighted by atomic mass is 10.4. The van der Waals surface area contributed by atoms with Crippen molar-refractivity contribution < 1.29 is 9.90 Å². The second kappa shape index (κ2) is 4.43. The van der Waals surface area contributed by atoms with Crippen LogP contribution in [0.25, 0.3) is 0 Å². The highest BCUT2D eigenvalue weighted by molar-refractivity contribution is 5.80. The molecule has 0 aliphatic rings. The van der Waals surface area contributed by atoms with Gasteiger partial charge in [-0.3, -0.25) is 0 Å². The Morgan fingerprint density at radius 3 is 2.50 bits per heavy atom. The topological polar surface area (TPSA) is 73.5 Å². The quantitative estimate of drug-likeness (QED) is 0.354. The van der Waals surface area contributed by atoms with Gasteiger partial charge in [-0.25, -0.2) is 10.3 Å². The molecule has 0 fully saturated rings. The minimum Gasteiger partial charge on any atom is -0.478 e. The van der Waals surface area contributed by atoms with E-state index in [9.17, 15) is 4.79 Å². The first-order chi connectivity index (χ1) is 4.70. The van der Waals surface area contributed by atoms with Crippen molar-refractivity contribution in [2.75, 3.05) is 0 Å². The average molecular weight is 140 g/mol. The van der Waals surface area contributed by atoms with Gasteiger partial charge in [-0.05, 0) is 13.0 Å². The number of carbonyl (C=O) groups is 1. The fourth-order valence-corrected chi connectivity index (χ4v) is 0.355. The molecular formula is C6H8N2O2. The van der Waals surface area contributed by atoms with E-state index in [1.165, 1.54) is 6.08 Å². The van der Waals surface area contributed by atoms with Crippen molar-refractivity contribution in [2.45, 2.75) is 6.92 Å². The van der Waals surface area contributed by atoms with Gasteiger partial charge in [0.15, 0.2) is 0 Å². The number of carboxylic acid groups (broad SMARTS) is 1. The zero-order valence-electron chi connectivity index (χ0n) is 5.53. The van der Waals surface area contributed by atoms with Crippen LogP contribution in [0.4, 0.5) is 0 Å². The number of carboxylic acids is 1. The van der Waals surface area contributed by atoms with Crippen molar-refractivity contribution in [1.82, 2.24) is 0 Å². The zero-order valence-corrected chi connectivity index (χ0v) is 5.53. The smallest absolute Gasteiger partial charge is 0.328 e. The first kappa shape index (κ1) is 8.55. The molecule has 0 atom stereocenters. The van der Waals surface area contributed by atoms with Crippen molar-refractivity contribution in [3.63, 3.8) is 0 Å². The van der Waals surface area contributed by atoms with Gasteiger partial charge in [-0.15, -0.1) is 0 Å². The van der Waals surface area contributed by atoms with Crippen LogP contribution in [-0.2, 0) is 4.79 Å². The van der Waals surface area contributed by atoms with Gasteiger partial charge in [0.1, 0.15) is 0 Å². The Morgan fingerprint density at radius 2 is 2.20 bits per heavy atom. The summed E-state index contributed by atoms with van der Waals surface area (Å²) in [5.41, 5.74) is 6.85. The van der Waals surface area contributed by atoms with Crippen LogP contribution in [0, 0.1) is 5.53 Å². The van der Waals surface area contributed by atoms with Crippen LogP contribution < -0.4 is 0 Å². The molecule has 4 heteroatoms. The molecule has 0 amide bonds. The first-order valence-corrected chi connectivity index (χ1v) is 2.65. The van der Waals surface area contributed by atoms with Gasteiger partial charge in [0.2, 0.25) is 0 Å². The summed E-state index contributed by atoms with van der Waals surface area (Å²) in [6, 6.07) is 0. The molecule has 0 unspecified atom stereocenters. The fourth-order valence-electron chi connectivity index (χ4n) is 0.355. The van der Waals surface area contributed by atoms with Gasteiger partial charge in [-0.1, -0.05) is 6.08 Å². The van der Waals surface area contributed by atoms with Gasteiger partial charge < -0.3 is 5.11 Å². The molecule has 4 nitrogen and oxygen atoms in total. The second-order valence-corrected chi connectivity index (χ2v) is 1.50. The summed E-state index contributed by atoms with van der Waals surface area (Å²) in [7, 11) is 0. The average Bonchev–Trinajstić information content (AvgIpc) is 1.90. The molecule has 0 spiro atoms.